The molecule has 5 aromatic rings. The number of hydrogen-bond acceptors (Lipinski definition) is 8. The van der Waals surface area contributed by atoms with Gasteiger partial charge in [0.05, 0.1) is 29.2 Å². The molecule has 5 rings (SSSR count). The van der Waals surface area contributed by atoms with Gasteiger partial charge in [0, 0.05) is 6.20 Å². The molecule has 2 N–H and O–H groups in total. The summed E-state index contributed by atoms with van der Waals surface area (Å²) in [7, 11) is 0. The molecular weight excluding hydrogens is 412 g/mol. The Labute approximate surface area is 180 Å². The number of pyridine rings is 1. The van der Waals surface area contributed by atoms with Crippen LogP contribution in [-0.2, 0) is 6.54 Å². The van der Waals surface area contributed by atoms with Crippen molar-refractivity contribution >= 4 is 44.4 Å². The maximum Gasteiger partial charge on any atom is 0.268 e. The number of anilines is 2. The quantitative estimate of drug-likeness (QED) is 0.309. The van der Waals surface area contributed by atoms with Gasteiger partial charge in [-0.1, -0.05) is 29.5 Å². The van der Waals surface area contributed by atoms with E-state index in [0.717, 1.165) is 21.5 Å². The normalized spacial score (nSPS) is 11.5. The molecule has 4 aromatic heterocycles. The predicted molar refractivity (Wildman–Crippen MR) is 123 cm³/mol. The van der Waals surface area contributed by atoms with Gasteiger partial charge in [-0.25, -0.2) is 9.97 Å². The number of thiazole rings is 1. The van der Waals surface area contributed by atoms with Crippen molar-refractivity contribution in [3.8, 4) is 0 Å². The van der Waals surface area contributed by atoms with E-state index in [-0.39, 0.29) is 5.56 Å². The average Bonchev–Trinajstić information content (AvgIpc) is 3.44. The van der Waals surface area contributed by atoms with Gasteiger partial charge >= 0.3 is 0 Å². The van der Waals surface area contributed by atoms with Gasteiger partial charge in [0.15, 0.2) is 0 Å². The molecule has 0 saturated heterocycles. The molecule has 0 radical (unpaired) electrons. The maximum atomic E-state index is 13.2. The fourth-order valence-electron chi connectivity index (χ4n) is 3.22. The Hall–Kier alpha value is -3.98. The van der Waals surface area contributed by atoms with E-state index in [2.05, 4.69) is 25.8 Å². The molecule has 9 heteroatoms. The number of hydrogen-bond donors (Lipinski definition) is 2. The molecular formula is C22H18N6O2S. The van der Waals surface area contributed by atoms with Crippen LogP contribution < -0.4 is 16.3 Å². The molecule has 8 nitrogen and oxygen atoms in total. The van der Waals surface area contributed by atoms with Gasteiger partial charge < -0.3 is 9.73 Å². The number of fused-ring (bicyclic) bond motifs is 2. The van der Waals surface area contributed by atoms with E-state index < -0.39 is 0 Å². The smallest absolute Gasteiger partial charge is 0.268 e. The third-order valence-corrected chi connectivity index (χ3v) is 5.68. The fourth-order valence-corrected chi connectivity index (χ4v) is 4.03. The minimum atomic E-state index is -0.217. The lowest BCUT2D eigenvalue weighted by molar-refractivity contribution is 0.518. The summed E-state index contributed by atoms with van der Waals surface area (Å²) in [6.07, 6.45) is 4.78. The van der Waals surface area contributed by atoms with E-state index in [1.807, 2.05) is 55.5 Å². The lowest BCUT2D eigenvalue weighted by Gasteiger charge is -2.11. The molecule has 0 atom stereocenters. The van der Waals surface area contributed by atoms with Crippen LogP contribution in [0, 0.1) is 6.92 Å². The number of aromatic nitrogens is 3. The summed E-state index contributed by atoms with van der Waals surface area (Å²) in [5.41, 5.74) is 5.43. The zero-order valence-electron chi connectivity index (χ0n) is 16.6. The van der Waals surface area contributed by atoms with Crippen LogP contribution in [0.1, 0.15) is 16.9 Å². The van der Waals surface area contributed by atoms with Crippen LogP contribution in [0.3, 0.4) is 0 Å². The van der Waals surface area contributed by atoms with E-state index in [4.69, 9.17) is 4.42 Å². The highest BCUT2D eigenvalue weighted by molar-refractivity contribution is 7.22. The van der Waals surface area contributed by atoms with Crippen molar-refractivity contribution in [2.75, 3.05) is 10.7 Å². The second-order valence-corrected chi connectivity index (χ2v) is 7.88. The summed E-state index contributed by atoms with van der Waals surface area (Å²) in [5, 5.41) is 8.10. The Morgan fingerprint density at radius 3 is 2.90 bits per heavy atom. The number of furan rings is 1. The molecule has 0 amide bonds. The van der Waals surface area contributed by atoms with Gasteiger partial charge in [0.1, 0.15) is 22.8 Å². The van der Waals surface area contributed by atoms with Crippen LogP contribution in [0.5, 0.6) is 0 Å². The second kappa shape index (κ2) is 8.04. The molecule has 0 aliphatic heterocycles. The number of para-hydroxylation sites is 1. The van der Waals surface area contributed by atoms with Crippen molar-refractivity contribution in [3.05, 3.63) is 88.2 Å². The Bertz CT molecular complexity index is 1420. The standard InChI is InChI=1S/C22H18N6O2S/c1-14-6-4-10-28-20(14)26-19(23-12-15-7-5-11-30-15)16(21(28)29)13-24-27-22-25-17-8-2-3-9-18(17)31-22/h2-11,13,23H,12H2,1H3,(H,25,27)/b24-13+. The van der Waals surface area contributed by atoms with Crippen molar-refractivity contribution in [3.63, 3.8) is 0 Å². The van der Waals surface area contributed by atoms with E-state index in [1.54, 1.807) is 12.5 Å². The number of nitrogens with zero attached hydrogens (tertiary/aromatic N) is 4. The highest BCUT2D eigenvalue weighted by atomic mass is 32.1. The molecule has 0 bridgehead atoms. The van der Waals surface area contributed by atoms with Crippen LogP contribution in [0.2, 0.25) is 0 Å². The Morgan fingerprint density at radius 1 is 1.16 bits per heavy atom. The number of rotatable bonds is 6. The number of aryl methyl sites for hydroxylation is 1. The number of hydrazone groups is 1. The van der Waals surface area contributed by atoms with E-state index in [0.29, 0.717) is 28.7 Å². The molecule has 31 heavy (non-hydrogen) atoms. The molecule has 0 fully saturated rings. The third-order valence-electron chi connectivity index (χ3n) is 4.74. The van der Waals surface area contributed by atoms with E-state index in [1.165, 1.54) is 22.0 Å². The van der Waals surface area contributed by atoms with Crippen molar-refractivity contribution in [2.24, 2.45) is 5.10 Å². The molecule has 0 unspecified atom stereocenters. The molecule has 0 aliphatic rings. The molecule has 0 spiro atoms. The monoisotopic (exact) mass is 430 g/mol. The molecule has 154 valence electrons. The zero-order chi connectivity index (χ0) is 21.2. The summed E-state index contributed by atoms with van der Waals surface area (Å²) >= 11 is 1.49. The summed E-state index contributed by atoms with van der Waals surface area (Å²) in [6.45, 7) is 2.31. The summed E-state index contributed by atoms with van der Waals surface area (Å²) in [4.78, 5) is 22.3. The molecule has 4 heterocycles. The number of nitrogens with one attached hydrogen (secondary N) is 2. The topological polar surface area (TPSA) is 96.8 Å². The SMILES string of the molecule is Cc1cccn2c(=O)c(/C=N/Nc3nc4ccccc4s3)c(NCc3ccco3)nc12. The van der Waals surface area contributed by atoms with Gasteiger partial charge in [-0.15, -0.1) is 0 Å². The Balaban J connectivity index is 1.50. The summed E-state index contributed by atoms with van der Waals surface area (Å²) < 4.78 is 7.96. The lowest BCUT2D eigenvalue weighted by Crippen LogP contribution is -2.23. The van der Waals surface area contributed by atoms with Crippen LogP contribution in [0.25, 0.3) is 15.9 Å². The largest absolute Gasteiger partial charge is 0.467 e. The van der Waals surface area contributed by atoms with Crippen LogP contribution in [0.4, 0.5) is 10.9 Å². The summed E-state index contributed by atoms with van der Waals surface area (Å²) in [5.74, 6) is 1.17. The molecule has 1 aromatic carbocycles. The Morgan fingerprint density at radius 2 is 2.06 bits per heavy atom. The minimum Gasteiger partial charge on any atom is -0.467 e. The summed E-state index contributed by atoms with van der Waals surface area (Å²) in [6, 6.07) is 15.3. The first-order valence-corrected chi connectivity index (χ1v) is 10.4. The Kier molecular flexibility index (Phi) is 4.93. The van der Waals surface area contributed by atoms with Crippen molar-refractivity contribution < 1.29 is 4.42 Å². The first-order valence-electron chi connectivity index (χ1n) is 9.62. The molecule has 0 saturated carbocycles. The van der Waals surface area contributed by atoms with Crippen LogP contribution in [-0.4, -0.2) is 20.6 Å². The highest BCUT2D eigenvalue weighted by Crippen LogP contribution is 2.25. The lowest BCUT2D eigenvalue weighted by atomic mass is 10.2. The fraction of sp³-hybridized carbons (Fsp3) is 0.0909. The van der Waals surface area contributed by atoms with Crippen molar-refractivity contribution in [2.45, 2.75) is 13.5 Å². The molecule has 0 aliphatic carbocycles. The van der Waals surface area contributed by atoms with Gasteiger partial charge in [0.25, 0.3) is 5.56 Å². The minimum absolute atomic E-state index is 0.217. The van der Waals surface area contributed by atoms with Crippen LogP contribution >= 0.6 is 11.3 Å². The maximum absolute atomic E-state index is 13.2. The predicted octanol–water partition coefficient (Wildman–Crippen LogP) is 4.26. The van der Waals surface area contributed by atoms with Gasteiger partial charge in [0.2, 0.25) is 5.13 Å². The van der Waals surface area contributed by atoms with Gasteiger partial charge in [-0.3, -0.25) is 14.6 Å². The number of benzene rings is 1. The van der Waals surface area contributed by atoms with Gasteiger partial charge in [-0.05, 0) is 42.8 Å². The highest BCUT2D eigenvalue weighted by Gasteiger charge is 2.13. The second-order valence-electron chi connectivity index (χ2n) is 6.85. The van der Waals surface area contributed by atoms with Gasteiger partial charge in [-0.2, -0.15) is 5.10 Å². The first-order chi connectivity index (χ1) is 15.2. The van der Waals surface area contributed by atoms with Crippen molar-refractivity contribution in [1.82, 2.24) is 14.4 Å². The first kappa shape index (κ1) is 19.0. The van der Waals surface area contributed by atoms with Crippen molar-refractivity contribution in [1.29, 1.82) is 0 Å². The van der Waals surface area contributed by atoms with Crippen LogP contribution in [0.15, 0.2) is 75.3 Å². The van der Waals surface area contributed by atoms with E-state index in [9.17, 15) is 4.79 Å². The zero-order valence-corrected chi connectivity index (χ0v) is 17.4. The van der Waals surface area contributed by atoms with E-state index >= 15 is 0 Å². The third kappa shape index (κ3) is 3.78. The average molecular weight is 430 g/mol.